The van der Waals surface area contributed by atoms with Crippen molar-refractivity contribution in [1.29, 1.82) is 0 Å². The third-order valence-electron chi connectivity index (χ3n) is 3.66. The molecule has 0 aliphatic carbocycles. The minimum absolute atomic E-state index is 0.189. The second-order valence-electron chi connectivity index (χ2n) is 5.52. The normalized spacial score (nSPS) is 15.4. The van der Waals surface area contributed by atoms with E-state index in [1.54, 1.807) is 29.2 Å². The summed E-state index contributed by atoms with van der Waals surface area (Å²) in [7, 11) is -2.13. The van der Waals surface area contributed by atoms with E-state index in [-0.39, 0.29) is 12.5 Å². The Hall–Kier alpha value is -1.97. The molecule has 0 radical (unpaired) electrons. The largest absolute Gasteiger partial charge is 0.378 e. The Balaban J connectivity index is 2.11. The van der Waals surface area contributed by atoms with E-state index in [0.29, 0.717) is 37.6 Å². The maximum atomic E-state index is 12.6. The molecule has 24 heavy (non-hydrogen) atoms. The molecule has 1 N–H and O–H groups in total. The molecule has 0 spiro atoms. The molecule has 2 amide bonds. The first kappa shape index (κ1) is 18.4. The molecular weight excluding hydrogens is 334 g/mol. The monoisotopic (exact) mass is 355 g/mol. The summed E-state index contributed by atoms with van der Waals surface area (Å²) < 4.78 is 28.9. The first-order chi connectivity index (χ1) is 11.3. The summed E-state index contributed by atoms with van der Waals surface area (Å²) in [5.41, 5.74) is 0.732. The van der Waals surface area contributed by atoms with Crippen molar-refractivity contribution in [2.75, 3.05) is 51.5 Å². The number of rotatable bonds is 5. The van der Waals surface area contributed by atoms with E-state index in [1.165, 1.54) is 7.05 Å². The molecule has 1 aliphatic heterocycles. The van der Waals surface area contributed by atoms with Crippen molar-refractivity contribution in [3.63, 3.8) is 0 Å². The van der Waals surface area contributed by atoms with Gasteiger partial charge in [-0.2, -0.15) is 4.31 Å². The highest BCUT2D eigenvalue weighted by Gasteiger charge is 2.22. The maximum absolute atomic E-state index is 12.6. The summed E-state index contributed by atoms with van der Waals surface area (Å²) in [5.74, 6) is -0.698. The van der Waals surface area contributed by atoms with Crippen molar-refractivity contribution >= 4 is 27.5 Å². The lowest BCUT2D eigenvalue weighted by Crippen LogP contribution is -2.41. The average Bonchev–Trinajstić information content (AvgIpc) is 2.54. The standard InChI is InChI=1S/C15H21N3O5S/c1-17(24(2,21)22)11-14(19)16-13-6-4-3-5-12(13)15(20)18-7-9-23-10-8-18/h3-6H,7-11H2,1-2H3,(H,16,19). The van der Waals surface area contributed by atoms with Gasteiger partial charge in [0.1, 0.15) is 0 Å². The summed E-state index contributed by atoms with van der Waals surface area (Å²) in [6.45, 7) is 1.65. The fraction of sp³-hybridized carbons (Fsp3) is 0.467. The second-order valence-corrected chi connectivity index (χ2v) is 7.61. The number of benzene rings is 1. The van der Waals surface area contributed by atoms with Gasteiger partial charge in [-0.3, -0.25) is 9.59 Å². The zero-order valence-electron chi connectivity index (χ0n) is 13.7. The Morgan fingerprint density at radius 3 is 2.50 bits per heavy atom. The van der Waals surface area contributed by atoms with Crippen LogP contribution in [0.5, 0.6) is 0 Å². The molecule has 1 aliphatic rings. The molecule has 8 nitrogen and oxygen atoms in total. The van der Waals surface area contributed by atoms with Crippen molar-refractivity contribution in [2.24, 2.45) is 0 Å². The molecule has 0 bridgehead atoms. The van der Waals surface area contributed by atoms with Crippen LogP contribution in [-0.4, -0.2) is 75.6 Å². The van der Waals surface area contributed by atoms with E-state index in [2.05, 4.69) is 5.32 Å². The molecule has 0 aromatic heterocycles. The third-order valence-corrected chi connectivity index (χ3v) is 4.92. The number of morpholine rings is 1. The molecule has 1 fully saturated rings. The van der Waals surface area contributed by atoms with Crippen LogP contribution in [0.15, 0.2) is 24.3 Å². The van der Waals surface area contributed by atoms with Gasteiger partial charge in [0.15, 0.2) is 0 Å². The number of hydrogen-bond donors (Lipinski definition) is 1. The summed E-state index contributed by atoms with van der Waals surface area (Å²) in [6.07, 6.45) is 1.02. The van der Waals surface area contributed by atoms with E-state index in [9.17, 15) is 18.0 Å². The number of sulfonamides is 1. The van der Waals surface area contributed by atoms with Gasteiger partial charge in [-0.25, -0.2) is 8.42 Å². The highest BCUT2D eigenvalue weighted by atomic mass is 32.2. The summed E-state index contributed by atoms with van der Waals surface area (Å²) in [4.78, 5) is 26.3. The topological polar surface area (TPSA) is 96.0 Å². The number of para-hydroxylation sites is 1. The minimum Gasteiger partial charge on any atom is -0.378 e. The third kappa shape index (κ3) is 4.76. The summed E-state index contributed by atoms with van der Waals surface area (Å²) in [5, 5.41) is 2.61. The van der Waals surface area contributed by atoms with Crippen LogP contribution in [0.3, 0.4) is 0 Å². The van der Waals surface area contributed by atoms with Gasteiger partial charge in [0, 0.05) is 20.1 Å². The lowest BCUT2D eigenvalue weighted by atomic mass is 10.1. The number of ether oxygens (including phenoxy) is 1. The van der Waals surface area contributed by atoms with E-state index in [0.717, 1.165) is 10.6 Å². The zero-order chi connectivity index (χ0) is 17.7. The van der Waals surface area contributed by atoms with Crippen LogP contribution >= 0.6 is 0 Å². The summed E-state index contributed by atoms with van der Waals surface area (Å²) in [6, 6.07) is 6.66. The molecule has 1 aromatic rings. The number of hydrogen-bond acceptors (Lipinski definition) is 5. The van der Waals surface area contributed by atoms with Crippen LogP contribution in [0.1, 0.15) is 10.4 Å². The molecule has 9 heteroatoms. The second kappa shape index (κ2) is 7.73. The smallest absolute Gasteiger partial charge is 0.256 e. The molecule has 132 valence electrons. The number of anilines is 1. The molecule has 2 rings (SSSR count). The number of likely N-dealkylation sites (N-methyl/N-ethyl adjacent to an activating group) is 1. The number of carbonyl (C=O) groups excluding carboxylic acids is 2. The van der Waals surface area contributed by atoms with Crippen LogP contribution in [0.2, 0.25) is 0 Å². The highest BCUT2D eigenvalue weighted by molar-refractivity contribution is 7.88. The van der Waals surface area contributed by atoms with Crippen molar-refractivity contribution < 1.29 is 22.7 Å². The average molecular weight is 355 g/mol. The van der Waals surface area contributed by atoms with Crippen molar-refractivity contribution in [2.45, 2.75) is 0 Å². The van der Waals surface area contributed by atoms with Crippen molar-refractivity contribution in [3.8, 4) is 0 Å². The van der Waals surface area contributed by atoms with Gasteiger partial charge in [-0.05, 0) is 12.1 Å². The molecule has 0 atom stereocenters. The fourth-order valence-corrected chi connectivity index (χ4v) is 2.58. The predicted octanol–water partition coefficient (Wildman–Crippen LogP) is -0.0111. The molecule has 0 unspecified atom stereocenters. The minimum atomic E-state index is -3.45. The Morgan fingerprint density at radius 2 is 1.88 bits per heavy atom. The van der Waals surface area contributed by atoms with Crippen LogP contribution in [0.25, 0.3) is 0 Å². The van der Waals surface area contributed by atoms with Gasteiger partial charge in [0.2, 0.25) is 15.9 Å². The molecular formula is C15H21N3O5S. The highest BCUT2D eigenvalue weighted by Crippen LogP contribution is 2.18. The van der Waals surface area contributed by atoms with Crippen molar-refractivity contribution in [3.05, 3.63) is 29.8 Å². The maximum Gasteiger partial charge on any atom is 0.256 e. The first-order valence-electron chi connectivity index (χ1n) is 7.46. The summed E-state index contributed by atoms with van der Waals surface area (Å²) >= 11 is 0. The Morgan fingerprint density at radius 1 is 1.25 bits per heavy atom. The lowest BCUT2D eigenvalue weighted by Gasteiger charge is -2.27. The van der Waals surface area contributed by atoms with Gasteiger partial charge >= 0.3 is 0 Å². The fourth-order valence-electron chi connectivity index (χ4n) is 2.22. The van der Waals surface area contributed by atoms with Crippen molar-refractivity contribution in [1.82, 2.24) is 9.21 Å². The van der Waals surface area contributed by atoms with Crippen LogP contribution in [0.4, 0.5) is 5.69 Å². The molecule has 1 aromatic carbocycles. The van der Waals surface area contributed by atoms with E-state index in [4.69, 9.17) is 4.74 Å². The van der Waals surface area contributed by atoms with Gasteiger partial charge < -0.3 is 15.0 Å². The first-order valence-corrected chi connectivity index (χ1v) is 9.31. The lowest BCUT2D eigenvalue weighted by molar-refractivity contribution is -0.116. The van der Waals surface area contributed by atoms with E-state index in [1.807, 2.05) is 0 Å². The Labute approximate surface area is 141 Å². The van der Waals surface area contributed by atoms with Crippen LogP contribution in [-0.2, 0) is 19.6 Å². The molecule has 1 saturated heterocycles. The van der Waals surface area contributed by atoms with E-state index < -0.39 is 15.9 Å². The number of nitrogens with one attached hydrogen (secondary N) is 1. The number of carbonyl (C=O) groups is 2. The molecule has 1 heterocycles. The van der Waals surface area contributed by atoms with Gasteiger partial charge in [-0.15, -0.1) is 0 Å². The predicted molar refractivity (Wildman–Crippen MR) is 89.3 cm³/mol. The number of nitrogens with zero attached hydrogens (tertiary/aromatic N) is 2. The van der Waals surface area contributed by atoms with Gasteiger partial charge in [-0.1, -0.05) is 12.1 Å². The molecule has 0 saturated carbocycles. The number of amides is 2. The SMILES string of the molecule is CN(CC(=O)Nc1ccccc1C(=O)N1CCOCC1)S(C)(=O)=O. The quantitative estimate of drug-likeness (QED) is 0.801. The Kier molecular flexibility index (Phi) is 5.92. The van der Waals surface area contributed by atoms with Crippen LogP contribution < -0.4 is 5.32 Å². The van der Waals surface area contributed by atoms with Crippen LogP contribution in [0, 0.1) is 0 Å². The Bertz CT molecular complexity index is 714. The van der Waals surface area contributed by atoms with E-state index >= 15 is 0 Å². The van der Waals surface area contributed by atoms with Gasteiger partial charge in [0.05, 0.1) is 37.3 Å². The zero-order valence-corrected chi connectivity index (χ0v) is 14.5. The van der Waals surface area contributed by atoms with Gasteiger partial charge in [0.25, 0.3) is 5.91 Å².